The molecule has 7 heteroatoms. The van der Waals surface area contributed by atoms with E-state index in [1.54, 1.807) is 6.07 Å². The van der Waals surface area contributed by atoms with Gasteiger partial charge >= 0.3 is 0 Å². The lowest BCUT2D eigenvalue weighted by Gasteiger charge is -2.37. The van der Waals surface area contributed by atoms with Crippen molar-refractivity contribution in [3.05, 3.63) is 34.9 Å². The molecule has 1 amide bonds. The number of carbonyl (C=O) groups excluding carboxylic acids is 1. The molecule has 1 atom stereocenters. The van der Waals surface area contributed by atoms with Gasteiger partial charge in [-0.1, -0.05) is 29.8 Å². The van der Waals surface area contributed by atoms with Gasteiger partial charge in [-0.3, -0.25) is 14.6 Å². The molecule has 1 aromatic carbocycles. The van der Waals surface area contributed by atoms with Crippen LogP contribution < -0.4 is 0 Å². The Morgan fingerprint density at radius 1 is 1.08 bits per heavy atom. The van der Waals surface area contributed by atoms with Gasteiger partial charge in [-0.2, -0.15) is 0 Å². The summed E-state index contributed by atoms with van der Waals surface area (Å²) in [6.45, 7) is 7.05. The Morgan fingerprint density at radius 3 is 2.44 bits per heavy atom. The zero-order valence-corrected chi connectivity index (χ0v) is 15.2. The minimum atomic E-state index is -0.607. The molecule has 1 unspecified atom stereocenters. The number of rotatable bonds is 5. The topological polar surface area (TPSA) is 56.2 Å². The normalized spacial score (nSPS) is 21.3. The molecule has 0 saturated carbocycles. The van der Waals surface area contributed by atoms with Gasteiger partial charge in [-0.25, -0.2) is 0 Å². The number of benzene rings is 1. The van der Waals surface area contributed by atoms with Crippen LogP contribution in [0.25, 0.3) is 0 Å². The van der Waals surface area contributed by atoms with Gasteiger partial charge in [0.15, 0.2) is 0 Å². The van der Waals surface area contributed by atoms with E-state index in [0.29, 0.717) is 44.4 Å². The van der Waals surface area contributed by atoms with Gasteiger partial charge in [0.1, 0.15) is 0 Å². The van der Waals surface area contributed by atoms with E-state index in [9.17, 15) is 9.90 Å². The van der Waals surface area contributed by atoms with E-state index in [1.807, 2.05) is 23.1 Å². The first-order valence-corrected chi connectivity index (χ1v) is 9.24. The summed E-state index contributed by atoms with van der Waals surface area (Å²) < 4.78 is 5.32. The fraction of sp³-hybridized carbons (Fsp3) is 0.611. The van der Waals surface area contributed by atoms with Gasteiger partial charge in [-0.05, 0) is 6.07 Å². The number of aliphatic hydroxyl groups is 1. The quantitative estimate of drug-likeness (QED) is 0.836. The SMILES string of the molecule is O=C(CN1CCOCC1)N1CCN(CC(O)c2ccccc2Cl)CC1. The van der Waals surface area contributed by atoms with Gasteiger partial charge in [0.05, 0.1) is 25.9 Å². The lowest BCUT2D eigenvalue weighted by atomic mass is 10.1. The summed E-state index contributed by atoms with van der Waals surface area (Å²) in [6, 6.07) is 7.39. The summed E-state index contributed by atoms with van der Waals surface area (Å²) in [5.74, 6) is 0.188. The third-order valence-electron chi connectivity index (χ3n) is 4.88. The van der Waals surface area contributed by atoms with E-state index in [2.05, 4.69) is 9.80 Å². The van der Waals surface area contributed by atoms with Gasteiger partial charge in [-0.15, -0.1) is 0 Å². The second kappa shape index (κ2) is 8.96. The lowest BCUT2D eigenvalue weighted by Crippen LogP contribution is -2.52. The number of halogens is 1. The monoisotopic (exact) mass is 367 g/mol. The first-order valence-electron chi connectivity index (χ1n) is 8.86. The van der Waals surface area contributed by atoms with E-state index < -0.39 is 6.10 Å². The van der Waals surface area contributed by atoms with E-state index >= 15 is 0 Å². The molecule has 3 rings (SSSR count). The van der Waals surface area contributed by atoms with Crippen molar-refractivity contribution >= 4 is 17.5 Å². The molecule has 138 valence electrons. The first-order chi connectivity index (χ1) is 12.1. The molecule has 2 saturated heterocycles. The highest BCUT2D eigenvalue weighted by atomic mass is 35.5. The highest BCUT2D eigenvalue weighted by molar-refractivity contribution is 6.31. The second-order valence-corrected chi connectivity index (χ2v) is 7.01. The predicted octanol–water partition coefficient (Wildman–Crippen LogP) is 0.850. The standard InChI is InChI=1S/C18H26ClN3O3/c19-16-4-2-1-3-15(16)17(23)13-20-5-7-22(8-6-20)18(24)14-21-9-11-25-12-10-21/h1-4,17,23H,5-14H2. The molecule has 0 bridgehead atoms. The number of piperazine rings is 1. The molecule has 1 N–H and O–H groups in total. The molecular weight excluding hydrogens is 342 g/mol. The Kier molecular flexibility index (Phi) is 6.67. The van der Waals surface area contributed by atoms with E-state index in [0.717, 1.165) is 31.7 Å². The molecule has 25 heavy (non-hydrogen) atoms. The van der Waals surface area contributed by atoms with Gasteiger partial charge in [0.2, 0.25) is 5.91 Å². The number of hydrogen-bond acceptors (Lipinski definition) is 5. The van der Waals surface area contributed by atoms with Crippen LogP contribution in [-0.4, -0.2) is 91.3 Å². The smallest absolute Gasteiger partial charge is 0.236 e. The van der Waals surface area contributed by atoms with Crippen molar-refractivity contribution < 1.29 is 14.6 Å². The maximum Gasteiger partial charge on any atom is 0.236 e. The van der Waals surface area contributed by atoms with Crippen molar-refractivity contribution in [3.63, 3.8) is 0 Å². The van der Waals surface area contributed by atoms with E-state index in [-0.39, 0.29) is 5.91 Å². The van der Waals surface area contributed by atoms with Crippen molar-refractivity contribution in [2.24, 2.45) is 0 Å². The third kappa shape index (κ3) is 5.15. The molecule has 0 radical (unpaired) electrons. The van der Waals surface area contributed by atoms with Crippen molar-refractivity contribution in [2.75, 3.05) is 65.6 Å². The fourth-order valence-electron chi connectivity index (χ4n) is 3.32. The van der Waals surface area contributed by atoms with Crippen molar-refractivity contribution in [1.82, 2.24) is 14.7 Å². The van der Waals surface area contributed by atoms with Crippen LogP contribution in [0.3, 0.4) is 0 Å². The highest BCUT2D eigenvalue weighted by Gasteiger charge is 2.25. The Bertz CT molecular complexity index is 572. The minimum absolute atomic E-state index is 0.188. The number of carbonyl (C=O) groups is 1. The largest absolute Gasteiger partial charge is 0.387 e. The van der Waals surface area contributed by atoms with Crippen molar-refractivity contribution in [3.8, 4) is 0 Å². The third-order valence-corrected chi connectivity index (χ3v) is 5.23. The molecule has 0 aliphatic carbocycles. The summed E-state index contributed by atoms with van der Waals surface area (Å²) in [5, 5.41) is 11.0. The Morgan fingerprint density at radius 2 is 1.76 bits per heavy atom. The predicted molar refractivity (Wildman–Crippen MR) is 96.7 cm³/mol. The van der Waals surface area contributed by atoms with Crippen molar-refractivity contribution in [2.45, 2.75) is 6.10 Å². The van der Waals surface area contributed by atoms with Crippen LogP contribution in [0.2, 0.25) is 5.02 Å². The molecule has 2 aliphatic heterocycles. The maximum atomic E-state index is 12.4. The number of hydrogen-bond donors (Lipinski definition) is 1. The summed E-state index contributed by atoms with van der Waals surface area (Å²) in [6.07, 6.45) is -0.607. The number of aliphatic hydroxyl groups excluding tert-OH is 1. The van der Waals surface area contributed by atoms with E-state index in [1.165, 1.54) is 0 Å². The van der Waals surface area contributed by atoms with Crippen LogP contribution >= 0.6 is 11.6 Å². The molecule has 2 aliphatic rings. The van der Waals surface area contributed by atoms with Crippen LogP contribution in [0.5, 0.6) is 0 Å². The average Bonchev–Trinajstić information content (AvgIpc) is 2.63. The Balaban J connectivity index is 1.43. The molecule has 6 nitrogen and oxygen atoms in total. The number of ether oxygens (including phenoxy) is 1. The number of amides is 1. The maximum absolute atomic E-state index is 12.4. The number of morpholine rings is 1. The number of nitrogens with zero attached hydrogens (tertiary/aromatic N) is 3. The summed E-state index contributed by atoms with van der Waals surface area (Å²) in [4.78, 5) is 18.7. The summed E-state index contributed by atoms with van der Waals surface area (Å²) >= 11 is 6.15. The van der Waals surface area contributed by atoms with Gasteiger partial charge in [0.25, 0.3) is 0 Å². The van der Waals surface area contributed by atoms with Crippen LogP contribution in [-0.2, 0) is 9.53 Å². The van der Waals surface area contributed by atoms with Crippen LogP contribution in [0.4, 0.5) is 0 Å². The molecule has 2 fully saturated rings. The van der Waals surface area contributed by atoms with Crippen LogP contribution in [0.15, 0.2) is 24.3 Å². The fourth-order valence-corrected chi connectivity index (χ4v) is 3.58. The molecular formula is C18H26ClN3O3. The summed E-state index contributed by atoms with van der Waals surface area (Å²) in [5.41, 5.74) is 0.759. The van der Waals surface area contributed by atoms with Crippen molar-refractivity contribution in [1.29, 1.82) is 0 Å². The molecule has 0 spiro atoms. The molecule has 1 aromatic rings. The zero-order chi connectivity index (χ0) is 17.6. The number of β-amino-alcohol motifs (C(OH)–C–C–N with tert-alkyl or cyclic N) is 1. The molecule has 2 heterocycles. The minimum Gasteiger partial charge on any atom is -0.387 e. The van der Waals surface area contributed by atoms with E-state index in [4.69, 9.17) is 16.3 Å². The Labute approximate surface area is 153 Å². The lowest BCUT2D eigenvalue weighted by molar-refractivity contribution is -0.135. The van der Waals surface area contributed by atoms with Gasteiger partial charge in [0, 0.05) is 56.4 Å². The Hall–Kier alpha value is -1.18. The van der Waals surface area contributed by atoms with Crippen LogP contribution in [0.1, 0.15) is 11.7 Å². The first kappa shape index (κ1) is 18.6. The van der Waals surface area contributed by atoms with Crippen LogP contribution in [0, 0.1) is 0 Å². The zero-order valence-electron chi connectivity index (χ0n) is 14.4. The molecule has 0 aromatic heterocycles. The average molecular weight is 368 g/mol. The summed E-state index contributed by atoms with van der Waals surface area (Å²) in [7, 11) is 0. The second-order valence-electron chi connectivity index (χ2n) is 6.61. The highest BCUT2D eigenvalue weighted by Crippen LogP contribution is 2.23. The van der Waals surface area contributed by atoms with Gasteiger partial charge < -0.3 is 14.7 Å².